The number of likely N-dealkylation sites (tertiary alicyclic amines) is 1. The number of benzene rings is 1. The zero-order chi connectivity index (χ0) is 26.8. The molecule has 38 heavy (non-hydrogen) atoms. The Hall–Kier alpha value is -2.04. The van der Waals surface area contributed by atoms with Gasteiger partial charge < -0.3 is 15.5 Å². The smallest absolute Gasteiger partial charge is 0.317 e. The van der Waals surface area contributed by atoms with E-state index < -0.39 is 0 Å². The Morgan fingerprint density at radius 3 is 2.03 bits per heavy atom. The first-order valence-electron chi connectivity index (χ1n) is 16.1. The summed E-state index contributed by atoms with van der Waals surface area (Å²) in [5.74, 6) is 0.726. The van der Waals surface area contributed by atoms with E-state index in [-0.39, 0.29) is 11.9 Å². The van der Waals surface area contributed by atoms with Gasteiger partial charge in [-0.2, -0.15) is 0 Å². The van der Waals surface area contributed by atoms with Crippen LogP contribution in [0.2, 0.25) is 0 Å². The summed E-state index contributed by atoms with van der Waals surface area (Å²) in [5.41, 5.74) is 2.06. The van der Waals surface area contributed by atoms with Gasteiger partial charge in [-0.25, -0.2) is 4.79 Å². The van der Waals surface area contributed by atoms with E-state index in [2.05, 4.69) is 29.7 Å². The van der Waals surface area contributed by atoms with E-state index in [4.69, 9.17) is 0 Å². The number of amides is 3. The topological polar surface area (TPSA) is 61.4 Å². The summed E-state index contributed by atoms with van der Waals surface area (Å²) in [6, 6.07) is 8.71. The van der Waals surface area contributed by atoms with E-state index in [1.165, 1.54) is 82.6 Å². The second-order valence-electron chi connectivity index (χ2n) is 11.9. The summed E-state index contributed by atoms with van der Waals surface area (Å²) in [6.45, 7) is 4.79. The predicted molar refractivity (Wildman–Crippen MR) is 159 cm³/mol. The van der Waals surface area contributed by atoms with Gasteiger partial charge in [0, 0.05) is 31.2 Å². The monoisotopic (exact) mass is 525 g/mol. The third-order valence-corrected chi connectivity index (χ3v) is 8.71. The standard InChI is InChI=1S/C33H55N3O2/c1-2-3-4-5-6-7-8-9-10-14-25-34-32(37)30-21-19-28(20-22-30)17-18-29-23-26-36(27-24-29)33(38)35-31-15-12-11-13-16-31/h19-22,29,31H,2-18,23-27H2,1H3,(H,34,37)(H,35,38). The Labute approximate surface area is 232 Å². The second kappa shape index (κ2) is 18.3. The van der Waals surface area contributed by atoms with E-state index in [1.807, 2.05) is 17.0 Å². The van der Waals surface area contributed by atoms with Crippen LogP contribution in [0.25, 0.3) is 0 Å². The molecule has 3 rings (SSSR count). The fourth-order valence-electron chi connectivity index (χ4n) is 6.05. The Bertz CT molecular complexity index is 780. The number of nitrogens with zero attached hydrogens (tertiary/aromatic N) is 1. The molecular weight excluding hydrogens is 470 g/mol. The van der Waals surface area contributed by atoms with Gasteiger partial charge in [-0.3, -0.25) is 4.79 Å². The lowest BCUT2D eigenvalue weighted by molar-refractivity contribution is 0.0953. The Kier molecular flexibility index (Phi) is 14.7. The normalized spacial score (nSPS) is 16.9. The summed E-state index contributed by atoms with van der Waals surface area (Å²) in [7, 11) is 0. The molecule has 5 nitrogen and oxygen atoms in total. The molecule has 2 fully saturated rings. The molecule has 2 aliphatic rings. The molecule has 3 amide bonds. The maximum Gasteiger partial charge on any atom is 0.317 e. The highest BCUT2D eigenvalue weighted by atomic mass is 16.2. The lowest BCUT2D eigenvalue weighted by Crippen LogP contribution is -2.48. The number of urea groups is 1. The predicted octanol–water partition coefficient (Wildman–Crippen LogP) is 8.02. The maximum atomic E-state index is 12.6. The fourth-order valence-corrected chi connectivity index (χ4v) is 6.05. The number of hydrogen-bond acceptors (Lipinski definition) is 2. The molecule has 5 heteroatoms. The van der Waals surface area contributed by atoms with Crippen molar-refractivity contribution < 1.29 is 9.59 Å². The number of nitrogens with one attached hydrogen (secondary N) is 2. The van der Waals surface area contributed by atoms with E-state index in [0.717, 1.165) is 70.1 Å². The molecule has 1 saturated carbocycles. The average Bonchev–Trinajstić information content (AvgIpc) is 2.95. The third-order valence-electron chi connectivity index (χ3n) is 8.71. The molecule has 1 aromatic rings. The van der Waals surface area contributed by atoms with Crippen molar-refractivity contribution in [1.82, 2.24) is 15.5 Å². The highest BCUT2D eigenvalue weighted by Crippen LogP contribution is 2.24. The number of unbranched alkanes of at least 4 members (excludes halogenated alkanes) is 9. The first-order valence-corrected chi connectivity index (χ1v) is 16.1. The van der Waals surface area contributed by atoms with Crippen LogP contribution in [0.5, 0.6) is 0 Å². The quantitative estimate of drug-likeness (QED) is 0.215. The van der Waals surface area contributed by atoms with Gasteiger partial charge in [0.15, 0.2) is 0 Å². The van der Waals surface area contributed by atoms with Crippen molar-refractivity contribution in [2.75, 3.05) is 19.6 Å². The molecule has 2 N–H and O–H groups in total. The second-order valence-corrected chi connectivity index (χ2v) is 11.9. The summed E-state index contributed by atoms with van der Waals surface area (Å²) in [5, 5.41) is 6.35. The maximum absolute atomic E-state index is 12.6. The van der Waals surface area contributed by atoms with Crippen LogP contribution in [-0.4, -0.2) is 42.5 Å². The zero-order valence-corrected chi connectivity index (χ0v) is 24.3. The van der Waals surface area contributed by atoms with Crippen LogP contribution in [0.15, 0.2) is 24.3 Å². The van der Waals surface area contributed by atoms with E-state index in [0.29, 0.717) is 12.0 Å². The minimum absolute atomic E-state index is 0.0475. The molecule has 1 aliphatic heterocycles. The van der Waals surface area contributed by atoms with Crippen LogP contribution in [0.1, 0.15) is 138 Å². The molecule has 1 saturated heterocycles. The van der Waals surface area contributed by atoms with Gasteiger partial charge in [0.05, 0.1) is 0 Å². The highest BCUT2D eigenvalue weighted by molar-refractivity contribution is 5.94. The van der Waals surface area contributed by atoms with Gasteiger partial charge in [0.2, 0.25) is 0 Å². The molecular formula is C33H55N3O2. The highest BCUT2D eigenvalue weighted by Gasteiger charge is 2.24. The number of carbonyl (C=O) groups excluding carboxylic acids is 2. The van der Waals surface area contributed by atoms with E-state index in [1.54, 1.807) is 0 Å². The minimum atomic E-state index is 0.0475. The molecule has 0 unspecified atom stereocenters. The van der Waals surface area contributed by atoms with Crippen LogP contribution in [0, 0.1) is 5.92 Å². The van der Waals surface area contributed by atoms with Gasteiger partial charge >= 0.3 is 6.03 Å². The van der Waals surface area contributed by atoms with Crippen LogP contribution >= 0.6 is 0 Å². The summed E-state index contributed by atoms with van der Waals surface area (Å²) in [4.78, 5) is 27.1. The van der Waals surface area contributed by atoms with Crippen molar-refractivity contribution in [2.45, 2.75) is 135 Å². The summed E-state index contributed by atoms with van der Waals surface area (Å²) < 4.78 is 0. The molecule has 0 aromatic heterocycles. The van der Waals surface area contributed by atoms with Crippen molar-refractivity contribution >= 4 is 11.9 Å². The van der Waals surface area contributed by atoms with Crippen LogP contribution in [0.4, 0.5) is 4.79 Å². The average molecular weight is 526 g/mol. The van der Waals surface area contributed by atoms with Gasteiger partial charge in [-0.05, 0) is 68.6 Å². The third kappa shape index (κ3) is 11.8. The van der Waals surface area contributed by atoms with Crippen molar-refractivity contribution in [1.29, 1.82) is 0 Å². The lowest BCUT2D eigenvalue weighted by atomic mass is 9.90. The van der Waals surface area contributed by atoms with Crippen molar-refractivity contribution in [3.05, 3.63) is 35.4 Å². The summed E-state index contributed by atoms with van der Waals surface area (Å²) >= 11 is 0. The number of hydrogen-bond donors (Lipinski definition) is 2. The van der Waals surface area contributed by atoms with Crippen molar-refractivity contribution in [2.24, 2.45) is 5.92 Å². The van der Waals surface area contributed by atoms with Gasteiger partial charge in [0.25, 0.3) is 5.91 Å². The van der Waals surface area contributed by atoms with Crippen LogP contribution in [0.3, 0.4) is 0 Å². The fraction of sp³-hybridized carbons (Fsp3) is 0.758. The van der Waals surface area contributed by atoms with E-state index in [9.17, 15) is 9.59 Å². The van der Waals surface area contributed by atoms with Gasteiger partial charge in [-0.1, -0.05) is 96.1 Å². The Morgan fingerprint density at radius 2 is 1.39 bits per heavy atom. The number of rotatable bonds is 16. The Balaban J connectivity index is 1.22. The number of piperidine rings is 1. The number of carbonyl (C=O) groups is 2. The van der Waals surface area contributed by atoms with Crippen LogP contribution < -0.4 is 10.6 Å². The molecule has 0 atom stereocenters. The van der Waals surface area contributed by atoms with Gasteiger partial charge in [0.1, 0.15) is 0 Å². The number of aryl methyl sites for hydroxylation is 1. The molecule has 1 aromatic carbocycles. The lowest BCUT2D eigenvalue weighted by Gasteiger charge is -2.34. The first-order chi connectivity index (χ1) is 18.7. The SMILES string of the molecule is CCCCCCCCCCCCNC(=O)c1ccc(CCC2CCN(C(=O)NC3CCCCC3)CC2)cc1. The minimum Gasteiger partial charge on any atom is -0.352 e. The molecule has 0 spiro atoms. The first kappa shape index (κ1) is 30.5. The molecule has 1 heterocycles. The Morgan fingerprint density at radius 1 is 0.789 bits per heavy atom. The summed E-state index contributed by atoms with van der Waals surface area (Å²) in [6.07, 6.45) is 23.6. The van der Waals surface area contributed by atoms with E-state index >= 15 is 0 Å². The molecule has 0 bridgehead atoms. The van der Waals surface area contributed by atoms with Gasteiger partial charge in [-0.15, -0.1) is 0 Å². The molecule has 0 radical (unpaired) electrons. The van der Waals surface area contributed by atoms with Crippen molar-refractivity contribution in [3.63, 3.8) is 0 Å². The van der Waals surface area contributed by atoms with Crippen LogP contribution in [-0.2, 0) is 6.42 Å². The largest absolute Gasteiger partial charge is 0.352 e. The zero-order valence-electron chi connectivity index (χ0n) is 24.3. The molecule has 214 valence electrons. The van der Waals surface area contributed by atoms with Crippen molar-refractivity contribution in [3.8, 4) is 0 Å². The molecule has 1 aliphatic carbocycles.